The van der Waals surface area contributed by atoms with Crippen LogP contribution in [0.2, 0.25) is 0 Å². The summed E-state index contributed by atoms with van der Waals surface area (Å²) in [5, 5.41) is 2.74. The molecule has 2 aromatic heterocycles. The van der Waals surface area contributed by atoms with Crippen LogP contribution >= 0.6 is 11.3 Å². The van der Waals surface area contributed by atoms with Crippen LogP contribution < -0.4 is 4.74 Å². The quantitative estimate of drug-likeness (QED) is 0.385. The molecule has 1 fully saturated rings. The third-order valence-electron chi connectivity index (χ3n) is 5.91. The first-order valence-electron chi connectivity index (χ1n) is 11.1. The van der Waals surface area contributed by atoms with Crippen molar-refractivity contribution in [1.29, 1.82) is 0 Å². The van der Waals surface area contributed by atoms with Crippen molar-refractivity contribution < 1.29 is 23.1 Å². The Kier molecular flexibility index (Phi) is 6.41. The third kappa shape index (κ3) is 4.72. The number of carbonyl (C=O) groups excluding carboxylic acids is 2. The second-order valence-corrected chi connectivity index (χ2v) is 8.96. The topological polar surface area (TPSA) is 62.7 Å². The second kappa shape index (κ2) is 9.79. The molecule has 0 aliphatic carbocycles. The predicted octanol–water partition coefficient (Wildman–Crippen LogP) is 5.16. The van der Waals surface area contributed by atoms with Gasteiger partial charge in [-0.2, -0.15) is 8.78 Å². The van der Waals surface area contributed by atoms with Gasteiger partial charge in [0, 0.05) is 31.6 Å². The fourth-order valence-electron chi connectivity index (χ4n) is 4.20. The van der Waals surface area contributed by atoms with Crippen LogP contribution in [0.25, 0.3) is 21.5 Å². The number of thiophene rings is 1. The summed E-state index contributed by atoms with van der Waals surface area (Å²) in [6.07, 6.45) is 0. The van der Waals surface area contributed by atoms with Crippen molar-refractivity contribution in [2.24, 2.45) is 0 Å². The highest BCUT2D eigenvalue weighted by atomic mass is 32.1. The standard InChI is InChI=1S/C26H21F2N3O3S/c27-26(28)34-22-9-4-2-7-18(22)24(32)30-11-13-31(14-12-30)25(33)19-16-21(23-10-5-15-35-23)29-20-8-3-1-6-17(19)20/h1-10,15-16,26H,11-14H2. The lowest BCUT2D eigenvalue weighted by Crippen LogP contribution is -2.50. The van der Waals surface area contributed by atoms with Crippen LogP contribution in [0.1, 0.15) is 20.7 Å². The molecule has 9 heteroatoms. The van der Waals surface area contributed by atoms with Gasteiger partial charge < -0.3 is 14.5 Å². The molecule has 0 atom stereocenters. The summed E-state index contributed by atoms with van der Waals surface area (Å²) < 4.78 is 30.0. The van der Waals surface area contributed by atoms with Crippen molar-refractivity contribution in [3.8, 4) is 16.3 Å². The maximum absolute atomic E-state index is 13.6. The van der Waals surface area contributed by atoms with E-state index in [9.17, 15) is 18.4 Å². The molecule has 5 rings (SSSR count). The van der Waals surface area contributed by atoms with E-state index in [1.165, 1.54) is 18.2 Å². The number of pyridine rings is 1. The number of benzene rings is 2. The molecule has 0 bridgehead atoms. The molecule has 3 heterocycles. The van der Waals surface area contributed by atoms with Gasteiger partial charge in [-0.05, 0) is 35.7 Å². The molecule has 0 N–H and O–H groups in total. The minimum atomic E-state index is -3.02. The van der Waals surface area contributed by atoms with Crippen LogP contribution in [-0.4, -0.2) is 59.4 Å². The zero-order valence-corrected chi connectivity index (χ0v) is 19.4. The smallest absolute Gasteiger partial charge is 0.387 e. The first kappa shape index (κ1) is 22.9. The summed E-state index contributed by atoms with van der Waals surface area (Å²) in [5.41, 5.74) is 2.13. The van der Waals surface area contributed by atoms with Gasteiger partial charge >= 0.3 is 6.61 Å². The summed E-state index contributed by atoms with van der Waals surface area (Å²) >= 11 is 1.56. The van der Waals surface area contributed by atoms with Crippen molar-refractivity contribution in [1.82, 2.24) is 14.8 Å². The highest BCUT2D eigenvalue weighted by Gasteiger charge is 2.28. The number of halogens is 2. The summed E-state index contributed by atoms with van der Waals surface area (Å²) in [6, 6.07) is 19.2. The Morgan fingerprint density at radius 2 is 1.51 bits per heavy atom. The molecule has 0 unspecified atom stereocenters. The van der Waals surface area contributed by atoms with Gasteiger partial charge in [0.2, 0.25) is 0 Å². The molecule has 1 aliphatic heterocycles. The van der Waals surface area contributed by atoms with Crippen LogP contribution in [0, 0.1) is 0 Å². The van der Waals surface area contributed by atoms with Gasteiger partial charge in [-0.1, -0.05) is 36.4 Å². The minimum Gasteiger partial charge on any atom is -0.434 e. The van der Waals surface area contributed by atoms with E-state index in [1.807, 2.05) is 47.8 Å². The summed E-state index contributed by atoms with van der Waals surface area (Å²) in [7, 11) is 0. The third-order valence-corrected chi connectivity index (χ3v) is 6.80. The van der Waals surface area contributed by atoms with Crippen LogP contribution in [0.15, 0.2) is 72.1 Å². The Bertz CT molecular complexity index is 1370. The van der Waals surface area contributed by atoms with Gasteiger partial charge in [0.25, 0.3) is 11.8 Å². The van der Waals surface area contributed by atoms with Crippen molar-refractivity contribution in [2.45, 2.75) is 6.61 Å². The molecular formula is C26H21F2N3O3S. The number of piperazine rings is 1. The van der Waals surface area contributed by atoms with E-state index in [4.69, 9.17) is 4.98 Å². The van der Waals surface area contributed by atoms with E-state index in [0.29, 0.717) is 18.7 Å². The average molecular weight is 494 g/mol. The Hall–Kier alpha value is -3.85. The number of carbonyl (C=O) groups is 2. The van der Waals surface area contributed by atoms with E-state index in [-0.39, 0.29) is 30.3 Å². The molecule has 35 heavy (non-hydrogen) atoms. The van der Waals surface area contributed by atoms with Crippen molar-refractivity contribution in [2.75, 3.05) is 26.2 Å². The molecule has 1 aliphatic rings. The van der Waals surface area contributed by atoms with Gasteiger partial charge in [-0.15, -0.1) is 11.3 Å². The molecule has 4 aromatic rings. The minimum absolute atomic E-state index is 0.0771. The summed E-state index contributed by atoms with van der Waals surface area (Å²) in [6.45, 7) is -1.79. The number of alkyl halides is 2. The number of aromatic nitrogens is 1. The lowest BCUT2D eigenvalue weighted by molar-refractivity contribution is -0.0503. The lowest BCUT2D eigenvalue weighted by atomic mass is 10.0. The fourth-order valence-corrected chi connectivity index (χ4v) is 4.88. The van der Waals surface area contributed by atoms with E-state index in [2.05, 4.69) is 4.74 Å². The van der Waals surface area contributed by atoms with E-state index in [1.54, 1.807) is 27.2 Å². The van der Waals surface area contributed by atoms with Crippen molar-refractivity contribution >= 4 is 34.1 Å². The normalized spacial score (nSPS) is 13.9. The number of fused-ring (bicyclic) bond motifs is 1. The molecule has 0 spiro atoms. The molecule has 2 aromatic carbocycles. The predicted molar refractivity (Wildman–Crippen MR) is 130 cm³/mol. The zero-order chi connectivity index (χ0) is 24.4. The Labute approximate surface area is 204 Å². The number of rotatable bonds is 5. The number of para-hydroxylation sites is 2. The maximum atomic E-state index is 13.6. The zero-order valence-electron chi connectivity index (χ0n) is 18.6. The molecule has 0 radical (unpaired) electrons. The first-order chi connectivity index (χ1) is 17.0. The Morgan fingerprint density at radius 3 is 2.20 bits per heavy atom. The summed E-state index contributed by atoms with van der Waals surface area (Å²) in [4.78, 5) is 35.5. The SMILES string of the molecule is O=C(c1ccccc1OC(F)F)N1CCN(C(=O)c2cc(-c3cccs3)nc3ccccc23)CC1. The fraction of sp³-hybridized carbons (Fsp3) is 0.192. The Morgan fingerprint density at radius 1 is 0.857 bits per heavy atom. The van der Waals surface area contributed by atoms with Crippen LogP contribution in [0.3, 0.4) is 0 Å². The molecule has 2 amide bonds. The lowest BCUT2D eigenvalue weighted by Gasteiger charge is -2.35. The Balaban J connectivity index is 1.35. The number of nitrogens with zero attached hydrogens (tertiary/aromatic N) is 3. The number of hydrogen-bond donors (Lipinski definition) is 0. The maximum Gasteiger partial charge on any atom is 0.387 e. The number of hydrogen-bond acceptors (Lipinski definition) is 5. The van der Waals surface area contributed by atoms with Gasteiger partial charge in [-0.25, -0.2) is 4.98 Å². The van der Waals surface area contributed by atoms with Gasteiger partial charge in [0.1, 0.15) is 5.75 Å². The highest BCUT2D eigenvalue weighted by molar-refractivity contribution is 7.13. The molecular weight excluding hydrogens is 472 g/mol. The van der Waals surface area contributed by atoms with Gasteiger partial charge in [0.05, 0.1) is 27.2 Å². The number of ether oxygens (including phenoxy) is 1. The number of amides is 2. The van der Waals surface area contributed by atoms with Crippen LogP contribution in [0.4, 0.5) is 8.78 Å². The van der Waals surface area contributed by atoms with Gasteiger partial charge in [0.15, 0.2) is 0 Å². The first-order valence-corrected chi connectivity index (χ1v) is 12.0. The molecule has 178 valence electrons. The van der Waals surface area contributed by atoms with Crippen LogP contribution in [0.5, 0.6) is 5.75 Å². The van der Waals surface area contributed by atoms with Crippen LogP contribution in [-0.2, 0) is 0 Å². The van der Waals surface area contributed by atoms with Gasteiger partial charge in [-0.3, -0.25) is 9.59 Å². The molecule has 1 saturated heterocycles. The van der Waals surface area contributed by atoms with Crippen molar-refractivity contribution in [3.63, 3.8) is 0 Å². The van der Waals surface area contributed by atoms with E-state index < -0.39 is 12.5 Å². The average Bonchev–Trinajstić information content (AvgIpc) is 3.42. The van der Waals surface area contributed by atoms with E-state index >= 15 is 0 Å². The summed E-state index contributed by atoms with van der Waals surface area (Å²) in [5.74, 6) is -0.687. The van der Waals surface area contributed by atoms with E-state index in [0.717, 1.165) is 21.5 Å². The highest BCUT2D eigenvalue weighted by Crippen LogP contribution is 2.29. The van der Waals surface area contributed by atoms with Crippen molar-refractivity contribution in [3.05, 3.63) is 83.2 Å². The molecule has 6 nitrogen and oxygen atoms in total. The largest absolute Gasteiger partial charge is 0.434 e. The second-order valence-electron chi connectivity index (χ2n) is 8.01. The monoisotopic (exact) mass is 493 g/mol. The molecule has 0 saturated carbocycles.